The third-order valence-electron chi connectivity index (χ3n) is 5.28. The van der Waals surface area contributed by atoms with Crippen LogP contribution in [0.1, 0.15) is 43.4 Å². The van der Waals surface area contributed by atoms with Crippen LogP contribution >= 0.6 is 15.9 Å². The molecule has 0 radical (unpaired) electrons. The average Bonchev–Trinajstić information content (AvgIpc) is 2.78. The number of ether oxygens (including phenoxy) is 1. The fourth-order valence-electron chi connectivity index (χ4n) is 3.40. The molecule has 0 aliphatic rings. The highest BCUT2D eigenvalue weighted by Gasteiger charge is 2.27. The first-order chi connectivity index (χ1) is 14.9. The van der Waals surface area contributed by atoms with E-state index in [9.17, 15) is 5.11 Å². The molecule has 0 aromatic heterocycles. The Kier molecular flexibility index (Phi) is 7.69. The van der Waals surface area contributed by atoms with Crippen LogP contribution in [-0.4, -0.2) is 17.9 Å². The molecule has 3 aromatic rings. The molecule has 0 aliphatic carbocycles. The molecule has 0 amide bonds. The second-order valence-electron chi connectivity index (χ2n) is 7.91. The van der Waals surface area contributed by atoms with E-state index >= 15 is 0 Å². The van der Waals surface area contributed by atoms with E-state index in [1.54, 1.807) is 6.21 Å². The molecule has 160 valence electrons. The summed E-state index contributed by atoms with van der Waals surface area (Å²) in [5.41, 5.74) is 3.08. The van der Waals surface area contributed by atoms with Crippen LogP contribution in [0, 0.1) is 0 Å². The van der Waals surface area contributed by atoms with Gasteiger partial charge in [-0.05, 0) is 54.8 Å². The van der Waals surface area contributed by atoms with Crippen molar-refractivity contribution >= 4 is 27.8 Å². The normalized spacial score (nSPS) is 11.6. The van der Waals surface area contributed by atoms with E-state index in [4.69, 9.17) is 4.74 Å². The van der Waals surface area contributed by atoms with Crippen LogP contribution in [0.25, 0.3) is 0 Å². The number of hydrogen-bond acceptors (Lipinski definition) is 3. The molecule has 0 fully saturated rings. The van der Waals surface area contributed by atoms with Gasteiger partial charge in [0.25, 0.3) is 0 Å². The third kappa shape index (κ3) is 5.86. The number of hydrogen-bond donors (Lipinski definition) is 1. The summed E-state index contributed by atoms with van der Waals surface area (Å²) < 4.78 is 6.61. The zero-order valence-electron chi connectivity index (χ0n) is 18.0. The van der Waals surface area contributed by atoms with E-state index in [0.717, 1.165) is 39.9 Å². The lowest BCUT2D eigenvalue weighted by atomic mass is 9.77. The SMILES string of the molecule is C=CCCCOc1ccc(N=Cc2cc(Br)cc(C(C)(C)c3ccccc3)c2O)cc1. The van der Waals surface area contributed by atoms with Crippen LogP contribution in [0.2, 0.25) is 0 Å². The molecule has 0 bridgehead atoms. The van der Waals surface area contributed by atoms with E-state index in [1.165, 1.54) is 0 Å². The van der Waals surface area contributed by atoms with Crippen molar-refractivity contribution in [1.82, 2.24) is 0 Å². The second kappa shape index (κ2) is 10.5. The van der Waals surface area contributed by atoms with Crippen molar-refractivity contribution in [2.45, 2.75) is 32.1 Å². The molecule has 0 spiro atoms. The summed E-state index contributed by atoms with van der Waals surface area (Å²) in [4.78, 5) is 4.55. The molecule has 0 atom stereocenters. The maximum atomic E-state index is 11.0. The molecule has 3 nitrogen and oxygen atoms in total. The minimum atomic E-state index is -0.359. The van der Waals surface area contributed by atoms with Gasteiger partial charge in [0.05, 0.1) is 12.3 Å². The molecule has 0 aliphatic heterocycles. The van der Waals surface area contributed by atoms with Gasteiger partial charge < -0.3 is 9.84 Å². The minimum absolute atomic E-state index is 0.239. The molecule has 0 saturated carbocycles. The van der Waals surface area contributed by atoms with Crippen molar-refractivity contribution in [3.63, 3.8) is 0 Å². The fourth-order valence-corrected chi connectivity index (χ4v) is 3.87. The number of aromatic hydroxyl groups is 1. The maximum absolute atomic E-state index is 11.0. The van der Waals surface area contributed by atoms with Crippen LogP contribution < -0.4 is 4.74 Å². The van der Waals surface area contributed by atoms with Crippen LogP contribution in [0.4, 0.5) is 5.69 Å². The monoisotopic (exact) mass is 477 g/mol. The van der Waals surface area contributed by atoms with Gasteiger partial charge in [-0.15, -0.1) is 6.58 Å². The van der Waals surface area contributed by atoms with E-state index in [-0.39, 0.29) is 11.2 Å². The number of phenolic OH excluding ortho intramolecular Hbond substituents is 1. The lowest BCUT2D eigenvalue weighted by Gasteiger charge is -2.27. The largest absolute Gasteiger partial charge is 0.507 e. The summed E-state index contributed by atoms with van der Waals surface area (Å²) >= 11 is 3.59. The molecule has 4 heteroatoms. The number of phenols is 1. The molecule has 0 unspecified atom stereocenters. The van der Waals surface area contributed by atoms with Crippen LogP contribution in [0.15, 0.2) is 88.9 Å². The van der Waals surface area contributed by atoms with Gasteiger partial charge in [0, 0.05) is 27.2 Å². The van der Waals surface area contributed by atoms with E-state index in [1.807, 2.05) is 60.7 Å². The molecular formula is C27H28BrNO2. The number of aliphatic imine (C=N–C) groups is 1. The Morgan fingerprint density at radius 2 is 1.77 bits per heavy atom. The van der Waals surface area contributed by atoms with Crippen molar-refractivity contribution in [3.8, 4) is 11.5 Å². The Hall–Kier alpha value is -2.85. The van der Waals surface area contributed by atoms with Gasteiger partial charge in [-0.2, -0.15) is 0 Å². The van der Waals surface area contributed by atoms with E-state index in [2.05, 4.69) is 53.5 Å². The summed E-state index contributed by atoms with van der Waals surface area (Å²) in [6, 6.07) is 21.7. The minimum Gasteiger partial charge on any atom is -0.507 e. The summed E-state index contributed by atoms with van der Waals surface area (Å²) in [7, 11) is 0. The topological polar surface area (TPSA) is 41.8 Å². The highest BCUT2D eigenvalue weighted by atomic mass is 79.9. The zero-order valence-corrected chi connectivity index (χ0v) is 19.6. The van der Waals surface area contributed by atoms with E-state index < -0.39 is 0 Å². The summed E-state index contributed by atoms with van der Waals surface area (Å²) in [6.07, 6.45) is 5.49. The molecular weight excluding hydrogens is 450 g/mol. The van der Waals surface area contributed by atoms with Crippen LogP contribution in [0.3, 0.4) is 0 Å². The smallest absolute Gasteiger partial charge is 0.128 e. The molecule has 31 heavy (non-hydrogen) atoms. The highest BCUT2D eigenvalue weighted by Crippen LogP contribution is 2.40. The van der Waals surface area contributed by atoms with Gasteiger partial charge >= 0.3 is 0 Å². The Balaban J connectivity index is 1.81. The van der Waals surface area contributed by atoms with Gasteiger partial charge in [0.15, 0.2) is 0 Å². The molecule has 1 N–H and O–H groups in total. The van der Waals surface area contributed by atoms with Crippen molar-refractivity contribution < 1.29 is 9.84 Å². The number of benzene rings is 3. The van der Waals surface area contributed by atoms with E-state index in [0.29, 0.717) is 12.2 Å². The quantitative estimate of drug-likeness (QED) is 0.196. The predicted octanol–water partition coefficient (Wildman–Crippen LogP) is 7.58. The Labute approximate surface area is 193 Å². The predicted molar refractivity (Wildman–Crippen MR) is 133 cm³/mol. The molecule has 3 aromatic carbocycles. The van der Waals surface area contributed by atoms with Gasteiger partial charge in [0.1, 0.15) is 11.5 Å². The van der Waals surface area contributed by atoms with Crippen LogP contribution in [0.5, 0.6) is 11.5 Å². The number of rotatable bonds is 9. The van der Waals surface area contributed by atoms with Crippen molar-refractivity contribution in [2.24, 2.45) is 4.99 Å². The maximum Gasteiger partial charge on any atom is 0.128 e. The molecule has 0 saturated heterocycles. The fraction of sp³-hybridized carbons (Fsp3) is 0.222. The molecule has 3 rings (SSSR count). The highest BCUT2D eigenvalue weighted by molar-refractivity contribution is 9.10. The number of halogens is 1. The Bertz CT molecular complexity index is 1040. The average molecular weight is 478 g/mol. The Morgan fingerprint density at radius 3 is 2.45 bits per heavy atom. The lowest BCUT2D eigenvalue weighted by molar-refractivity contribution is 0.312. The molecule has 0 heterocycles. The Morgan fingerprint density at radius 1 is 1.06 bits per heavy atom. The first-order valence-corrected chi connectivity index (χ1v) is 11.2. The number of unbranched alkanes of at least 4 members (excludes halogenated alkanes) is 1. The lowest BCUT2D eigenvalue weighted by Crippen LogP contribution is -2.19. The summed E-state index contributed by atoms with van der Waals surface area (Å²) in [5, 5.41) is 11.0. The standard InChI is InChI=1S/C27H28BrNO2/c1-4-5-9-16-31-24-14-12-23(13-15-24)29-19-20-17-22(28)18-25(26(20)30)27(2,3)21-10-7-6-8-11-21/h4,6-8,10-15,17-19,30H,1,5,9,16H2,2-3H3. The summed E-state index contributed by atoms with van der Waals surface area (Å²) in [6.45, 7) is 8.60. The second-order valence-corrected chi connectivity index (χ2v) is 8.83. The van der Waals surface area contributed by atoms with Gasteiger partial charge in [-0.25, -0.2) is 0 Å². The van der Waals surface area contributed by atoms with Gasteiger partial charge in [0.2, 0.25) is 0 Å². The third-order valence-corrected chi connectivity index (χ3v) is 5.74. The van der Waals surface area contributed by atoms with Crippen molar-refractivity contribution in [2.75, 3.05) is 6.61 Å². The van der Waals surface area contributed by atoms with Gasteiger partial charge in [-0.3, -0.25) is 4.99 Å². The van der Waals surface area contributed by atoms with Gasteiger partial charge in [-0.1, -0.05) is 66.2 Å². The first kappa shape index (κ1) is 22.8. The number of nitrogens with zero attached hydrogens (tertiary/aromatic N) is 1. The number of allylic oxidation sites excluding steroid dienone is 1. The van der Waals surface area contributed by atoms with Crippen molar-refractivity contribution in [1.29, 1.82) is 0 Å². The van der Waals surface area contributed by atoms with Crippen LogP contribution in [-0.2, 0) is 5.41 Å². The zero-order chi connectivity index (χ0) is 22.3. The first-order valence-electron chi connectivity index (χ1n) is 10.4. The summed E-state index contributed by atoms with van der Waals surface area (Å²) in [5.74, 6) is 1.06. The van der Waals surface area contributed by atoms with Crippen molar-refractivity contribution in [3.05, 3.63) is 101 Å².